The van der Waals surface area contributed by atoms with Crippen molar-refractivity contribution in [3.8, 4) is 0 Å². The van der Waals surface area contributed by atoms with E-state index in [1.54, 1.807) is 4.90 Å². The van der Waals surface area contributed by atoms with Crippen molar-refractivity contribution < 1.29 is 19.1 Å². The Labute approximate surface area is 105 Å². The maximum Gasteiger partial charge on any atom is 0.371 e. The fraction of sp³-hybridized carbons (Fsp3) is 0.538. The van der Waals surface area contributed by atoms with Crippen LogP contribution in [0.1, 0.15) is 47.8 Å². The number of carbonyl (C=O) groups excluding carboxylic acids is 1. The molecule has 1 fully saturated rings. The van der Waals surface area contributed by atoms with E-state index in [0.717, 1.165) is 12.8 Å². The average Bonchev–Trinajstić information content (AvgIpc) is 2.97. The lowest BCUT2D eigenvalue weighted by atomic mass is 10.0. The first-order valence-corrected chi connectivity index (χ1v) is 6.15. The Hall–Kier alpha value is -1.78. The van der Waals surface area contributed by atoms with Gasteiger partial charge in [0.1, 0.15) is 0 Å². The summed E-state index contributed by atoms with van der Waals surface area (Å²) in [4.78, 5) is 24.7. The molecule has 18 heavy (non-hydrogen) atoms. The van der Waals surface area contributed by atoms with E-state index < -0.39 is 5.97 Å². The first-order chi connectivity index (χ1) is 8.50. The molecule has 98 valence electrons. The normalized spacial score (nSPS) is 19.5. The second-order valence-electron chi connectivity index (χ2n) is 4.92. The molecule has 1 N–H and O–H groups in total. The second kappa shape index (κ2) is 4.84. The zero-order valence-electron chi connectivity index (χ0n) is 10.5. The standard InChI is InChI=1S/C13H17NO4/c1-8(2)9-4-3-7-14(9)12(15)10-5-6-11(18-10)13(16)17/h5-6,8-9H,3-4,7H2,1-2H3,(H,16,17). The largest absolute Gasteiger partial charge is 0.475 e. The van der Waals surface area contributed by atoms with Crippen molar-refractivity contribution in [1.29, 1.82) is 0 Å². The molecular weight excluding hydrogens is 234 g/mol. The number of carboxylic acids is 1. The van der Waals surface area contributed by atoms with Gasteiger partial charge in [-0.05, 0) is 30.9 Å². The highest BCUT2D eigenvalue weighted by Gasteiger charge is 2.32. The van der Waals surface area contributed by atoms with E-state index in [4.69, 9.17) is 9.52 Å². The number of hydrogen-bond acceptors (Lipinski definition) is 3. The van der Waals surface area contributed by atoms with Crippen molar-refractivity contribution in [3.63, 3.8) is 0 Å². The molecule has 1 atom stereocenters. The maximum atomic E-state index is 12.2. The highest BCUT2D eigenvalue weighted by atomic mass is 16.4. The van der Waals surface area contributed by atoms with Crippen molar-refractivity contribution >= 4 is 11.9 Å². The smallest absolute Gasteiger partial charge is 0.371 e. The first-order valence-electron chi connectivity index (χ1n) is 6.15. The number of rotatable bonds is 3. The molecule has 0 aromatic carbocycles. The van der Waals surface area contributed by atoms with Gasteiger partial charge in [-0.25, -0.2) is 4.79 Å². The molecule has 0 aliphatic carbocycles. The highest BCUT2D eigenvalue weighted by molar-refractivity contribution is 5.93. The Kier molecular flexibility index (Phi) is 3.41. The predicted molar refractivity (Wildman–Crippen MR) is 64.6 cm³/mol. The molecule has 1 unspecified atom stereocenters. The molecular formula is C13H17NO4. The Morgan fingerprint density at radius 2 is 2.06 bits per heavy atom. The molecule has 1 aliphatic rings. The summed E-state index contributed by atoms with van der Waals surface area (Å²) >= 11 is 0. The van der Waals surface area contributed by atoms with Crippen LogP contribution in [0.5, 0.6) is 0 Å². The first kappa shape index (κ1) is 12.7. The molecule has 2 rings (SSSR count). The molecule has 5 heteroatoms. The molecule has 1 aromatic heterocycles. The minimum Gasteiger partial charge on any atom is -0.475 e. The van der Waals surface area contributed by atoms with Gasteiger partial charge in [-0.3, -0.25) is 4.79 Å². The molecule has 1 aliphatic heterocycles. The molecule has 2 heterocycles. The molecule has 0 bridgehead atoms. The number of nitrogens with zero attached hydrogens (tertiary/aromatic N) is 1. The number of likely N-dealkylation sites (tertiary alicyclic amines) is 1. The van der Waals surface area contributed by atoms with Crippen molar-refractivity contribution in [2.45, 2.75) is 32.7 Å². The summed E-state index contributed by atoms with van der Waals surface area (Å²) in [6.07, 6.45) is 1.98. The van der Waals surface area contributed by atoms with E-state index in [-0.39, 0.29) is 23.5 Å². The number of furan rings is 1. The Morgan fingerprint density at radius 3 is 2.61 bits per heavy atom. The zero-order chi connectivity index (χ0) is 13.3. The minimum atomic E-state index is -1.16. The molecule has 0 radical (unpaired) electrons. The highest BCUT2D eigenvalue weighted by Crippen LogP contribution is 2.26. The van der Waals surface area contributed by atoms with Crippen molar-refractivity contribution in [3.05, 3.63) is 23.7 Å². The van der Waals surface area contributed by atoms with Crippen LogP contribution in [0.2, 0.25) is 0 Å². The van der Waals surface area contributed by atoms with Crippen LogP contribution >= 0.6 is 0 Å². The van der Waals surface area contributed by atoms with E-state index in [1.807, 2.05) is 0 Å². The van der Waals surface area contributed by atoms with Crippen LogP contribution in [0.4, 0.5) is 0 Å². The van der Waals surface area contributed by atoms with Crippen LogP contribution in [-0.4, -0.2) is 34.5 Å². The van der Waals surface area contributed by atoms with Crippen LogP contribution in [0, 0.1) is 5.92 Å². The Bertz CT molecular complexity index is 463. The lowest BCUT2D eigenvalue weighted by Crippen LogP contribution is -2.38. The van der Waals surface area contributed by atoms with E-state index in [0.29, 0.717) is 12.5 Å². The van der Waals surface area contributed by atoms with Crippen LogP contribution in [0.15, 0.2) is 16.5 Å². The summed E-state index contributed by atoms with van der Waals surface area (Å²) in [5.41, 5.74) is 0. The SMILES string of the molecule is CC(C)C1CCCN1C(=O)c1ccc(C(=O)O)o1. The number of hydrogen-bond donors (Lipinski definition) is 1. The van der Waals surface area contributed by atoms with E-state index in [1.165, 1.54) is 12.1 Å². The summed E-state index contributed by atoms with van der Waals surface area (Å²) in [5, 5.41) is 8.77. The van der Waals surface area contributed by atoms with Gasteiger partial charge in [-0.2, -0.15) is 0 Å². The third kappa shape index (κ3) is 2.25. The van der Waals surface area contributed by atoms with Gasteiger partial charge in [0.25, 0.3) is 5.91 Å². The zero-order valence-corrected chi connectivity index (χ0v) is 10.5. The number of amides is 1. The van der Waals surface area contributed by atoms with Crippen LogP contribution in [0.3, 0.4) is 0 Å². The van der Waals surface area contributed by atoms with E-state index >= 15 is 0 Å². The van der Waals surface area contributed by atoms with Gasteiger partial charge < -0.3 is 14.4 Å². The fourth-order valence-electron chi connectivity index (χ4n) is 2.45. The quantitative estimate of drug-likeness (QED) is 0.894. The van der Waals surface area contributed by atoms with Gasteiger partial charge in [0.05, 0.1) is 0 Å². The molecule has 0 spiro atoms. The van der Waals surface area contributed by atoms with Crippen LogP contribution < -0.4 is 0 Å². The Morgan fingerprint density at radius 1 is 1.39 bits per heavy atom. The van der Waals surface area contributed by atoms with E-state index in [2.05, 4.69) is 13.8 Å². The summed E-state index contributed by atoms with van der Waals surface area (Å²) in [6, 6.07) is 2.97. The summed E-state index contributed by atoms with van der Waals surface area (Å²) in [6.45, 7) is 4.88. The topological polar surface area (TPSA) is 70.8 Å². The average molecular weight is 251 g/mol. The van der Waals surface area contributed by atoms with Crippen molar-refractivity contribution in [2.75, 3.05) is 6.54 Å². The monoisotopic (exact) mass is 251 g/mol. The van der Waals surface area contributed by atoms with Gasteiger partial charge in [-0.1, -0.05) is 13.8 Å². The molecule has 1 amide bonds. The van der Waals surface area contributed by atoms with Gasteiger partial charge in [0.15, 0.2) is 5.76 Å². The van der Waals surface area contributed by atoms with Crippen molar-refractivity contribution in [2.24, 2.45) is 5.92 Å². The minimum absolute atomic E-state index is 0.111. The van der Waals surface area contributed by atoms with Crippen LogP contribution in [0.25, 0.3) is 0 Å². The van der Waals surface area contributed by atoms with Gasteiger partial charge in [-0.15, -0.1) is 0 Å². The van der Waals surface area contributed by atoms with E-state index in [9.17, 15) is 9.59 Å². The lowest BCUT2D eigenvalue weighted by Gasteiger charge is -2.26. The third-order valence-electron chi connectivity index (χ3n) is 3.36. The van der Waals surface area contributed by atoms with Gasteiger partial charge in [0, 0.05) is 12.6 Å². The van der Waals surface area contributed by atoms with Crippen molar-refractivity contribution in [1.82, 2.24) is 4.90 Å². The van der Waals surface area contributed by atoms with Gasteiger partial charge >= 0.3 is 5.97 Å². The number of carboxylic acid groups (broad SMARTS) is 1. The predicted octanol–water partition coefficient (Wildman–Crippen LogP) is 2.24. The molecule has 1 aromatic rings. The third-order valence-corrected chi connectivity index (χ3v) is 3.36. The molecule has 1 saturated heterocycles. The summed E-state index contributed by atoms with van der Waals surface area (Å²) in [7, 11) is 0. The lowest BCUT2D eigenvalue weighted by molar-refractivity contribution is 0.0634. The molecule has 0 saturated carbocycles. The second-order valence-corrected chi connectivity index (χ2v) is 4.92. The summed E-state index contributed by atoms with van der Waals surface area (Å²) < 4.78 is 5.06. The number of aromatic carboxylic acids is 1. The van der Waals surface area contributed by atoms with Crippen LogP contribution in [-0.2, 0) is 0 Å². The summed E-state index contributed by atoms with van der Waals surface area (Å²) in [5.74, 6) is -1.06. The number of carbonyl (C=O) groups is 2. The van der Waals surface area contributed by atoms with Gasteiger partial charge in [0.2, 0.25) is 5.76 Å². The maximum absolute atomic E-state index is 12.2. The Balaban J connectivity index is 2.17. The fourth-order valence-corrected chi connectivity index (χ4v) is 2.45. The molecule has 5 nitrogen and oxygen atoms in total.